The molecule has 6 heteroatoms. The predicted octanol–water partition coefficient (Wildman–Crippen LogP) is 5.21. The molecule has 0 bridgehead atoms. The fourth-order valence-electron chi connectivity index (χ4n) is 2.38. The molecule has 1 aromatic heterocycles. The summed E-state index contributed by atoms with van der Waals surface area (Å²) in [5, 5.41) is 4.45. The Labute approximate surface area is 152 Å². The highest BCUT2D eigenvalue weighted by Crippen LogP contribution is 2.35. The lowest BCUT2D eigenvalue weighted by atomic mass is 9.80. The molecule has 0 aliphatic carbocycles. The van der Waals surface area contributed by atoms with Gasteiger partial charge in [0.1, 0.15) is 0 Å². The minimum absolute atomic E-state index is 0.313. The third-order valence-corrected chi connectivity index (χ3v) is 6.32. The van der Waals surface area contributed by atoms with Crippen molar-refractivity contribution in [2.75, 3.05) is 11.8 Å². The zero-order chi connectivity index (χ0) is 15.6. The van der Waals surface area contributed by atoms with Crippen LogP contribution in [0.25, 0.3) is 0 Å². The maximum Gasteiger partial charge on any atom is 0.0738 e. The van der Waals surface area contributed by atoms with Crippen LogP contribution < -0.4 is 0 Å². The maximum atomic E-state index is 6.32. The zero-order valence-electron chi connectivity index (χ0n) is 11.8. The van der Waals surface area contributed by atoms with E-state index in [-0.39, 0.29) is 5.41 Å². The number of aryl methyl sites for hydroxylation is 2. The summed E-state index contributed by atoms with van der Waals surface area (Å²) in [5.41, 5.74) is 2.91. The second-order valence-corrected chi connectivity index (χ2v) is 7.44. The summed E-state index contributed by atoms with van der Waals surface area (Å²) in [6.07, 6.45) is 0.736. The highest BCUT2D eigenvalue weighted by Gasteiger charge is 2.33. The van der Waals surface area contributed by atoms with Crippen LogP contribution >= 0.6 is 55.1 Å². The van der Waals surface area contributed by atoms with E-state index >= 15 is 0 Å². The summed E-state index contributed by atoms with van der Waals surface area (Å²) in [5.74, 6) is 0.906. The van der Waals surface area contributed by atoms with E-state index in [2.05, 4.69) is 49.1 Å². The van der Waals surface area contributed by atoms with Crippen LogP contribution in [0.2, 0.25) is 0 Å². The van der Waals surface area contributed by atoms with Gasteiger partial charge in [-0.05, 0) is 40.5 Å². The number of halogens is 4. The Kier molecular flexibility index (Phi) is 5.80. The maximum absolute atomic E-state index is 6.32. The summed E-state index contributed by atoms with van der Waals surface area (Å²) in [4.78, 5) is 0. The normalized spacial score (nSPS) is 11.9. The number of alkyl halides is 2. The van der Waals surface area contributed by atoms with E-state index in [9.17, 15) is 0 Å². The molecule has 0 atom stereocenters. The number of nitrogens with zero attached hydrogens (tertiary/aromatic N) is 2. The van der Waals surface area contributed by atoms with Gasteiger partial charge >= 0.3 is 0 Å². The summed E-state index contributed by atoms with van der Waals surface area (Å²) in [6.45, 7) is 1.98. The number of aromatic nitrogens is 2. The fraction of sp³-hybridized carbons (Fsp3) is 0.400. The lowest BCUT2D eigenvalue weighted by Gasteiger charge is -2.30. The molecule has 0 saturated heterocycles. The second kappa shape index (κ2) is 7.03. The molecular formula is C15H16Br2Cl2N2. The molecule has 0 spiro atoms. The second-order valence-electron chi connectivity index (χ2n) is 5.20. The van der Waals surface area contributed by atoms with Gasteiger partial charge in [-0.1, -0.05) is 28.1 Å². The Balaban J connectivity index is 2.45. The van der Waals surface area contributed by atoms with E-state index in [0.29, 0.717) is 11.8 Å². The first-order valence-electron chi connectivity index (χ1n) is 6.49. The van der Waals surface area contributed by atoms with Gasteiger partial charge in [-0.25, -0.2) is 0 Å². The molecule has 0 unspecified atom stereocenters. The molecule has 0 aliphatic rings. The summed E-state index contributed by atoms with van der Waals surface area (Å²) < 4.78 is 3.97. The van der Waals surface area contributed by atoms with Crippen molar-refractivity contribution < 1.29 is 0 Å². The van der Waals surface area contributed by atoms with Crippen LogP contribution in [0.15, 0.2) is 33.2 Å². The topological polar surface area (TPSA) is 17.8 Å². The monoisotopic (exact) mass is 452 g/mol. The number of rotatable bonds is 5. The molecule has 0 aliphatic heterocycles. The van der Waals surface area contributed by atoms with E-state index in [1.165, 1.54) is 0 Å². The molecule has 1 heterocycles. The van der Waals surface area contributed by atoms with Gasteiger partial charge < -0.3 is 0 Å². The van der Waals surface area contributed by atoms with Crippen LogP contribution in [0, 0.1) is 6.92 Å². The van der Waals surface area contributed by atoms with Crippen molar-refractivity contribution in [1.29, 1.82) is 0 Å². The third-order valence-electron chi connectivity index (χ3n) is 3.74. The van der Waals surface area contributed by atoms with Crippen LogP contribution in [0.5, 0.6) is 0 Å². The minimum atomic E-state index is -0.313. The molecule has 0 N–H and O–H groups in total. The molecule has 0 fully saturated rings. The summed E-state index contributed by atoms with van der Waals surface area (Å²) >= 11 is 19.7. The van der Waals surface area contributed by atoms with Gasteiger partial charge in [-0.15, -0.1) is 23.2 Å². The van der Waals surface area contributed by atoms with Gasteiger partial charge in [0.15, 0.2) is 0 Å². The molecule has 21 heavy (non-hydrogen) atoms. The average Bonchev–Trinajstić information content (AvgIpc) is 2.72. The van der Waals surface area contributed by atoms with Crippen molar-refractivity contribution >= 4 is 55.1 Å². The molecule has 2 nitrogen and oxygen atoms in total. The number of hydrogen-bond donors (Lipinski definition) is 0. The Morgan fingerprint density at radius 3 is 2.14 bits per heavy atom. The Morgan fingerprint density at radius 1 is 1.14 bits per heavy atom. The van der Waals surface area contributed by atoms with E-state index in [1.54, 1.807) is 0 Å². The number of hydrogen-bond acceptors (Lipinski definition) is 1. The van der Waals surface area contributed by atoms with Gasteiger partial charge in [-0.3, -0.25) is 4.68 Å². The van der Waals surface area contributed by atoms with Gasteiger partial charge in [-0.2, -0.15) is 5.10 Å². The SMILES string of the molecule is Cc1nn(C)c(CC(CCl)(CCl)c2ccc(Br)cc2)c1Br. The van der Waals surface area contributed by atoms with Gasteiger partial charge in [0.05, 0.1) is 15.9 Å². The zero-order valence-corrected chi connectivity index (χ0v) is 16.5. The van der Waals surface area contributed by atoms with E-state index in [0.717, 1.165) is 32.3 Å². The average molecular weight is 455 g/mol. The summed E-state index contributed by atoms with van der Waals surface area (Å²) in [6, 6.07) is 8.19. The van der Waals surface area contributed by atoms with Crippen molar-refractivity contribution in [3.8, 4) is 0 Å². The van der Waals surface area contributed by atoms with Crippen molar-refractivity contribution in [3.05, 3.63) is 50.2 Å². The summed E-state index contributed by atoms with van der Waals surface area (Å²) in [7, 11) is 1.95. The van der Waals surface area contributed by atoms with Crippen LogP contribution in [-0.2, 0) is 18.9 Å². The van der Waals surface area contributed by atoms with E-state index < -0.39 is 0 Å². The lowest BCUT2D eigenvalue weighted by molar-refractivity contribution is 0.509. The predicted molar refractivity (Wildman–Crippen MR) is 96.6 cm³/mol. The van der Waals surface area contributed by atoms with Crippen molar-refractivity contribution in [2.24, 2.45) is 7.05 Å². The van der Waals surface area contributed by atoms with Crippen LogP contribution in [0.1, 0.15) is 17.0 Å². The van der Waals surface area contributed by atoms with Crippen molar-refractivity contribution in [1.82, 2.24) is 9.78 Å². The molecule has 2 rings (SSSR count). The Hall–Kier alpha value is -0.0300. The highest BCUT2D eigenvalue weighted by molar-refractivity contribution is 9.10. The highest BCUT2D eigenvalue weighted by atomic mass is 79.9. The molecule has 0 saturated carbocycles. The minimum Gasteiger partial charge on any atom is -0.271 e. The quantitative estimate of drug-likeness (QED) is 0.567. The van der Waals surface area contributed by atoms with E-state index in [1.807, 2.05) is 30.8 Å². The van der Waals surface area contributed by atoms with Crippen LogP contribution in [0.4, 0.5) is 0 Å². The largest absolute Gasteiger partial charge is 0.271 e. The fourth-order valence-corrected chi connectivity index (χ4v) is 3.91. The lowest BCUT2D eigenvalue weighted by Crippen LogP contribution is -2.34. The van der Waals surface area contributed by atoms with Gasteiger partial charge in [0.2, 0.25) is 0 Å². The molecular weight excluding hydrogens is 439 g/mol. The van der Waals surface area contributed by atoms with Crippen molar-refractivity contribution in [2.45, 2.75) is 18.8 Å². The first-order valence-corrected chi connectivity index (χ1v) is 9.15. The van der Waals surface area contributed by atoms with E-state index in [4.69, 9.17) is 23.2 Å². The van der Waals surface area contributed by atoms with Gasteiger partial charge in [0, 0.05) is 35.1 Å². The Bertz CT molecular complexity index is 619. The molecule has 0 radical (unpaired) electrons. The molecule has 114 valence electrons. The van der Waals surface area contributed by atoms with Crippen molar-refractivity contribution in [3.63, 3.8) is 0 Å². The van der Waals surface area contributed by atoms with Crippen LogP contribution in [-0.4, -0.2) is 21.5 Å². The third kappa shape index (κ3) is 3.49. The molecule has 0 amide bonds. The first-order chi connectivity index (χ1) is 9.93. The van der Waals surface area contributed by atoms with Crippen LogP contribution in [0.3, 0.4) is 0 Å². The van der Waals surface area contributed by atoms with Gasteiger partial charge in [0.25, 0.3) is 0 Å². The number of benzene rings is 1. The Morgan fingerprint density at radius 2 is 1.71 bits per heavy atom. The smallest absolute Gasteiger partial charge is 0.0738 e. The first kappa shape index (κ1) is 17.3. The standard InChI is InChI=1S/C15H16Br2Cl2N2/c1-10-14(17)13(21(2)20-10)7-15(8-18,9-19)11-3-5-12(16)6-4-11/h3-6H,7-9H2,1-2H3. The molecule has 1 aromatic carbocycles. The molecule has 2 aromatic rings.